The van der Waals surface area contributed by atoms with Gasteiger partial charge >= 0.3 is 6.18 Å². The lowest BCUT2D eigenvalue weighted by molar-refractivity contribution is -0.137. The molecule has 0 spiro atoms. The molecular weight excluding hydrogens is 451 g/mol. The van der Waals surface area contributed by atoms with Crippen molar-refractivity contribution in [3.63, 3.8) is 0 Å². The smallest absolute Gasteiger partial charge is 0.325 e. The molecule has 0 atom stereocenters. The van der Waals surface area contributed by atoms with E-state index < -0.39 is 17.6 Å². The number of nitrogens with one attached hydrogen (secondary N) is 1. The molecule has 2 heterocycles. The predicted octanol–water partition coefficient (Wildman–Crippen LogP) is 5.00. The first-order chi connectivity index (χ1) is 15.9. The fraction of sp³-hybridized carbons (Fsp3) is 0.348. The number of likely N-dealkylation sites (tertiary alicyclic amines) is 1. The molecule has 33 heavy (non-hydrogen) atoms. The van der Waals surface area contributed by atoms with Crippen LogP contribution in [0, 0.1) is 0 Å². The summed E-state index contributed by atoms with van der Waals surface area (Å²) in [6, 6.07) is 14.5. The lowest BCUT2D eigenvalue weighted by Gasteiger charge is -2.26. The molecule has 0 saturated carbocycles. The minimum atomic E-state index is -4.55. The molecule has 1 aliphatic heterocycles. The third-order valence-electron chi connectivity index (χ3n) is 5.37. The average molecular weight is 476 g/mol. The molecule has 1 aliphatic rings. The van der Waals surface area contributed by atoms with Gasteiger partial charge in [0.1, 0.15) is 0 Å². The first-order valence-electron chi connectivity index (χ1n) is 10.7. The van der Waals surface area contributed by atoms with Crippen molar-refractivity contribution in [3.05, 3.63) is 66.0 Å². The van der Waals surface area contributed by atoms with E-state index in [9.17, 15) is 18.0 Å². The fourth-order valence-corrected chi connectivity index (χ4v) is 4.58. The Hall–Kier alpha value is -2.85. The number of halogens is 3. The lowest BCUT2D eigenvalue weighted by atomic mass is 10.1. The molecule has 1 N–H and O–H groups in total. The zero-order chi connectivity index (χ0) is 23.3. The van der Waals surface area contributed by atoms with Gasteiger partial charge in [-0.1, -0.05) is 48.5 Å². The molecule has 10 heteroatoms. The van der Waals surface area contributed by atoms with Crippen molar-refractivity contribution < 1.29 is 18.0 Å². The number of carbonyl (C=O) groups excluding carboxylic acids is 1. The van der Waals surface area contributed by atoms with Crippen LogP contribution in [0.1, 0.15) is 30.7 Å². The van der Waals surface area contributed by atoms with Gasteiger partial charge in [0.05, 0.1) is 23.5 Å². The topological polar surface area (TPSA) is 63.1 Å². The summed E-state index contributed by atoms with van der Waals surface area (Å²) in [5.41, 5.74) is -0.259. The average Bonchev–Trinajstić information content (AvgIpc) is 3.21. The number of benzene rings is 2. The predicted molar refractivity (Wildman–Crippen MR) is 121 cm³/mol. The van der Waals surface area contributed by atoms with Gasteiger partial charge in [-0.3, -0.25) is 14.3 Å². The highest BCUT2D eigenvalue weighted by atomic mass is 32.2. The molecule has 0 bridgehead atoms. The molecule has 0 radical (unpaired) electrons. The van der Waals surface area contributed by atoms with Crippen LogP contribution in [0.2, 0.25) is 0 Å². The molecule has 4 rings (SSSR count). The lowest BCUT2D eigenvalue weighted by Crippen LogP contribution is -2.30. The van der Waals surface area contributed by atoms with E-state index in [4.69, 9.17) is 0 Å². The number of nitrogens with zero attached hydrogens (tertiary/aromatic N) is 4. The van der Waals surface area contributed by atoms with Crippen molar-refractivity contribution in [2.75, 3.05) is 24.2 Å². The third-order valence-corrected chi connectivity index (χ3v) is 6.30. The second kappa shape index (κ2) is 10.4. The van der Waals surface area contributed by atoms with E-state index in [1.54, 1.807) is 0 Å². The second-order valence-corrected chi connectivity index (χ2v) is 8.73. The second-order valence-electron chi connectivity index (χ2n) is 7.79. The number of anilines is 1. The highest BCUT2D eigenvalue weighted by Gasteiger charge is 2.33. The maximum absolute atomic E-state index is 13.2. The van der Waals surface area contributed by atoms with Gasteiger partial charge in [-0.25, -0.2) is 0 Å². The van der Waals surface area contributed by atoms with Crippen molar-refractivity contribution >= 4 is 23.4 Å². The number of aromatic nitrogens is 3. The van der Waals surface area contributed by atoms with Crippen LogP contribution < -0.4 is 5.32 Å². The van der Waals surface area contributed by atoms with E-state index >= 15 is 0 Å². The summed E-state index contributed by atoms with van der Waals surface area (Å²) in [6.07, 6.45) is -1.01. The minimum absolute atomic E-state index is 0.0964. The van der Waals surface area contributed by atoms with Crippen LogP contribution in [0.4, 0.5) is 18.9 Å². The van der Waals surface area contributed by atoms with Crippen LogP contribution in [-0.2, 0) is 17.5 Å². The van der Waals surface area contributed by atoms with Crippen molar-refractivity contribution in [1.82, 2.24) is 19.7 Å². The van der Waals surface area contributed by atoms with Crippen molar-refractivity contribution in [2.45, 2.75) is 37.1 Å². The summed E-state index contributed by atoms with van der Waals surface area (Å²) < 4.78 is 41.5. The maximum Gasteiger partial charge on any atom is 0.418 e. The number of thioether (sulfide) groups is 1. The zero-order valence-electron chi connectivity index (χ0n) is 17.9. The Bertz CT molecular complexity index is 1080. The molecule has 174 valence electrons. The fourth-order valence-electron chi connectivity index (χ4n) is 3.81. The van der Waals surface area contributed by atoms with E-state index in [-0.39, 0.29) is 11.4 Å². The largest absolute Gasteiger partial charge is 0.418 e. The highest BCUT2D eigenvalue weighted by Crippen LogP contribution is 2.34. The van der Waals surface area contributed by atoms with Crippen LogP contribution in [0.5, 0.6) is 0 Å². The van der Waals surface area contributed by atoms with Crippen LogP contribution in [0.25, 0.3) is 5.69 Å². The Morgan fingerprint density at radius 1 is 0.970 bits per heavy atom. The van der Waals surface area contributed by atoms with Crippen molar-refractivity contribution in [1.29, 1.82) is 0 Å². The maximum atomic E-state index is 13.2. The van der Waals surface area contributed by atoms with Gasteiger partial charge in [0.15, 0.2) is 11.0 Å². The number of carbonyl (C=O) groups is 1. The molecule has 2 aromatic carbocycles. The molecule has 3 aromatic rings. The summed E-state index contributed by atoms with van der Waals surface area (Å²) in [5, 5.41) is 11.5. The monoisotopic (exact) mass is 475 g/mol. The highest BCUT2D eigenvalue weighted by molar-refractivity contribution is 7.99. The van der Waals surface area contributed by atoms with Gasteiger partial charge in [-0.05, 0) is 50.2 Å². The van der Waals surface area contributed by atoms with Gasteiger partial charge in [-0.2, -0.15) is 13.2 Å². The molecule has 6 nitrogen and oxygen atoms in total. The Morgan fingerprint density at radius 3 is 2.39 bits per heavy atom. The molecule has 0 unspecified atom stereocenters. The minimum Gasteiger partial charge on any atom is -0.325 e. The van der Waals surface area contributed by atoms with Gasteiger partial charge in [0.2, 0.25) is 5.91 Å². The summed E-state index contributed by atoms with van der Waals surface area (Å²) in [5.74, 6) is 0.131. The number of hydrogen-bond acceptors (Lipinski definition) is 5. The molecule has 1 amide bonds. The zero-order valence-corrected chi connectivity index (χ0v) is 18.7. The first-order valence-corrected chi connectivity index (χ1v) is 11.7. The van der Waals surface area contributed by atoms with E-state index in [0.717, 1.165) is 55.3 Å². The van der Waals surface area contributed by atoms with Crippen molar-refractivity contribution in [2.24, 2.45) is 0 Å². The number of rotatable bonds is 7. The molecule has 1 saturated heterocycles. The Morgan fingerprint density at radius 2 is 1.67 bits per heavy atom. The van der Waals surface area contributed by atoms with Crippen LogP contribution in [0.3, 0.4) is 0 Å². The van der Waals surface area contributed by atoms with Gasteiger partial charge in [0.25, 0.3) is 0 Å². The Labute approximate surface area is 194 Å². The molecular formula is C23H24F3N5OS. The van der Waals surface area contributed by atoms with Gasteiger partial charge < -0.3 is 5.32 Å². The van der Waals surface area contributed by atoms with E-state index in [1.165, 1.54) is 24.6 Å². The van der Waals surface area contributed by atoms with Crippen LogP contribution >= 0.6 is 11.8 Å². The molecule has 1 aromatic heterocycles. The number of para-hydroxylation sites is 2. The van der Waals surface area contributed by atoms with E-state index in [1.807, 2.05) is 34.9 Å². The van der Waals surface area contributed by atoms with Crippen LogP contribution in [0.15, 0.2) is 59.8 Å². The van der Waals surface area contributed by atoms with E-state index in [0.29, 0.717) is 11.7 Å². The quantitative estimate of drug-likeness (QED) is 0.487. The van der Waals surface area contributed by atoms with Gasteiger partial charge in [0, 0.05) is 5.69 Å². The summed E-state index contributed by atoms with van der Waals surface area (Å²) in [4.78, 5) is 14.8. The van der Waals surface area contributed by atoms with E-state index in [2.05, 4.69) is 20.4 Å². The number of alkyl halides is 3. The Balaban J connectivity index is 1.49. The normalized spacial score (nSPS) is 14.9. The number of hydrogen-bond donors (Lipinski definition) is 1. The summed E-state index contributed by atoms with van der Waals surface area (Å²) in [6.45, 7) is 2.66. The summed E-state index contributed by atoms with van der Waals surface area (Å²) >= 11 is 1.14. The molecule has 0 aliphatic carbocycles. The summed E-state index contributed by atoms with van der Waals surface area (Å²) in [7, 11) is 0. The third kappa shape index (κ3) is 5.94. The molecule has 1 fully saturated rings. The first kappa shape index (κ1) is 23.3. The van der Waals surface area contributed by atoms with Gasteiger partial charge in [-0.15, -0.1) is 10.2 Å². The van der Waals surface area contributed by atoms with Crippen LogP contribution in [-0.4, -0.2) is 44.4 Å². The number of piperidine rings is 1. The SMILES string of the molecule is O=C(CSc1nnc(CN2CCCCC2)n1-c1ccccc1)Nc1ccccc1C(F)(F)F. The van der Waals surface area contributed by atoms with Crippen molar-refractivity contribution in [3.8, 4) is 5.69 Å². The Kier molecular flexibility index (Phi) is 7.34. The standard InChI is InChI=1S/C23H24F3N5OS/c24-23(25,26)18-11-5-6-12-19(18)27-21(32)16-33-22-29-28-20(15-30-13-7-2-8-14-30)31(22)17-9-3-1-4-10-17/h1,3-6,9-12H,2,7-8,13-16H2,(H,27,32). The number of amides is 1.